The minimum Gasteiger partial charge on any atom is -0.367 e. The van der Waals surface area contributed by atoms with E-state index in [1.165, 1.54) is 0 Å². The molecule has 1 fully saturated rings. The number of rotatable bonds is 6. The Balaban J connectivity index is 1.11. The first-order valence-corrected chi connectivity index (χ1v) is 11.4. The van der Waals surface area contributed by atoms with Crippen molar-refractivity contribution in [3.05, 3.63) is 70.7 Å². The number of nitrogens with zero attached hydrogens (tertiary/aromatic N) is 2. The van der Waals surface area contributed by atoms with E-state index in [2.05, 4.69) is 10.6 Å². The van der Waals surface area contributed by atoms with Crippen LogP contribution in [0, 0.1) is 5.92 Å². The van der Waals surface area contributed by atoms with Gasteiger partial charge in [-0.3, -0.25) is 9.69 Å². The fraction of sp³-hybridized carbons (Fsp3) is 0.417. The van der Waals surface area contributed by atoms with E-state index in [1.807, 2.05) is 41.7 Å². The first kappa shape index (κ1) is 21.5. The van der Waals surface area contributed by atoms with Crippen LogP contribution in [0.2, 0.25) is 5.02 Å². The molecule has 1 aromatic rings. The summed E-state index contributed by atoms with van der Waals surface area (Å²) in [4.78, 5) is 28.7. The molecule has 1 saturated heterocycles. The van der Waals surface area contributed by atoms with E-state index in [0.29, 0.717) is 29.6 Å². The molecule has 0 bridgehead atoms. The molecule has 2 N–H and O–H groups in total. The van der Waals surface area contributed by atoms with Crippen LogP contribution in [0.25, 0.3) is 0 Å². The number of likely N-dealkylation sites (tertiary alicyclic amines) is 1. The van der Waals surface area contributed by atoms with E-state index in [4.69, 9.17) is 11.6 Å². The van der Waals surface area contributed by atoms with Gasteiger partial charge in [0, 0.05) is 38.2 Å². The zero-order chi connectivity index (χ0) is 21.6. The summed E-state index contributed by atoms with van der Waals surface area (Å²) < 4.78 is 0. The number of carbonyl (C=O) groups is 2. The minimum atomic E-state index is -0.0393. The number of carbonyl (C=O) groups excluding carboxylic acids is 2. The van der Waals surface area contributed by atoms with Crippen LogP contribution in [0.4, 0.5) is 4.79 Å². The molecule has 164 valence electrons. The Kier molecular flexibility index (Phi) is 6.97. The lowest BCUT2D eigenvalue weighted by atomic mass is 9.91. The number of halogens is 1. The summed E-state index contributed by atoms with van der Waals surface area (Å²) >= 11 is 6.17. The Labute approximate surface area is 188 Å². The standard InChI is InChI=1S/C24H29ClN4O2/c25-22-7-2-1-6-21(22)23(30)28-13-9-18(10-14-28)5-3-4-11-27-24(31)29-16-19-8-12-26-15-20(19)17-29/h1-2,6-8,12,15-16,18,26H,3-5,9-11,13-14,17H2,(H,27,31). The van der Waals surface area contributed by atoms with Gasteiger partial charge in [0.15, 0.2) is 0 Å². The second kappa shape index (κ2) is 10.1. The molecule has 3 aliphatic heterocycles. The molecule has 0 unspecified atom stereocenters. The molecular formula is C24H29ClN4O2. The van der Waals surface area contributed by atoms with Gasteiger partial charge in [0.25, 0.3) is 5.91 Å². The normalized spacial score (nSPS) is 18.2. The topological polar surface area (TPSA) is 64.7 Å². The van der Waals surface area contributed by atoms with Gasteiger partial charge in [0.05, 0.1) is 17.1 Å². The van der Waals surface area contributed by atoms with E-state index in [1.54, 1.807) is 17.0 Å². The summed E-state index contributed by atoms with van der Waals surface area (Å²) in [5.41, 5.74) is 2.82. The first-order valence-electron chi connectivity index (χ1n) is 11.0. The summed E-state index contributed by atoms with van der Waals surface area (Å²) in [6.45, 7) is 2.88. The Morgan fingerprint density at radius 1 is 1.16 bits per heavy atom. The molecule has 31 heavy (non-hydrogen) atoms. The minimum absolute atomic E-state index is 0.0329. The van der Waals surface area contributed by atoms with Gasteiger partial charge >= 0.3 is 6.03 Å². The third kappa shape index (κ3) is 5.31. The number of allylic oxidation sites excluding steroid dienone is 1. The van der Waals surface area contributed by atoms with Crippen molar-refractivity contribution >= 4 is 23.5 Å². The summed E-state index contributed by atoms with van der Waals surface area (Å²) in [5, 5.41) is 6.60. The number of unbranched alkanes of at least 4 members (excludes halogenated alkanes) is 1. The number of fused-ring (bicyclic) bond motifs is 1. The second-order valence-electron chi connectivity index (χ2n) is 8.33. The number of piperidine rings is 1. The van der Waals surface area contributed by atoms with Crippen LogP contribution in [0.3, 0.4) is 0 Å². The summed E-state index contributed by atoms with van der Waals surface area (Å²) in [5.74, 6) is 0.675. The number of amides is 3. The highest BCUT2D eigenvalue weighted by Gasteiger charge is 2.25. The average molecular weight is 441 g/mol. The third-order valence-corrected chi connectivity index (χ3v) is 6.53. The van der Waals surface area contributed by atoms with Crippen molar-refractivity contribution in [2.45, 2.75) is 32.1 Å². The molecule has 0 radical (unpaired) electrons. The van der Waals surface area contributed by atoms with Crippen LogP contribution >= 0.6 is 11.6 Å². The SMILES string of the molecule is O=C(NCCCCC1CCN(C(=O)c2ccccc2Cl)CC1)N1C=C2C=CNC=C2C1. The molecule has 0 atom stereocenters. The van der Waals surface area contributed by atoms with E-state index in [-0.39, 0.29) is 11.9 Å². The van der Waals surface area contributed by atoms with Gasteiger partial charge in [-0.2, -0.15) is 0 Å². The van der Waals surface area contributed by atoms with Crippen LogP contribution in [-0.2, 0) is 0 Å². The molecule has 3 amide bonds. The third-order valence-electron chi connectivity index (χ3n) is 6.21. The monoisotopic (exact) mass is 440 g/mol. The van der Waals surface area contributed by atoms with Crippen molar-refractivity contribution < 1.29 is 9.59 Å². The van der Waals surface area contributed by atoms with Gasteiger partial charge in [-0.1, -0.05) is 36.6 Å². The van der Waals surface area contributed by atoms with Gasteiger partial charge in [-0.05, 0) is 54.5 Å². The lowest BCUT2D eigenvalue weighted by molar-refractivity contribution is 0.0686. The van der Waals surface area contributed by atoms with Crippen LogP contribution in [-0.4, -0.2) is 47.9 Å². The molecule has 0 aromatic heterocycles. The zero-order valence-corrected chi connectivity index (χ0v) is 18.4. The lowest BCUT2D eigenvalue weighted by Crippen LogP contribution is -2.38. The van der Waals surface area contributed by atoms with Crippen molar-refractivity contribution in [1.82, 2.24) is 20.4 Å². The van der Waals surface area contributed by atoms with Crippen molar-refractivity contribution in [3.8, 4) is 0 Å². The number of dihydropyridines is 1. The van der Waals surface area contributed by atoms with E-state index >= 15 is 0 Å². The Bertz CT molecular complexity index is 916. The molecule has 1 aromatic carbocycles. The molecule has 6 nitrogen and oxygen atoms in total. The second-order valence-corrected chi connectivity index (χ2v) is 8.73. The highest BCUT2D eigenvalue weighted by molar-refractivity contribution is 6.33. The molecule has 0 aliphatic carbocycles. The van der Waals surface area contributed by atoms with Crippen LogP contribution < -0.4 is 10.6 Å². The van der Waals surface area contributed by atoms with Crippen LogP contribution in [0.5, 0.6) is 0 Å². The Hall–Kier alpha value is -2.73. The fourth-order valence-corrected chi connectivity index (χ4v) is 4.57. The molecule has 0 spiro atoms. The van der Waals surface area contributed by atoms with Gasteiger partial charge in [-0.25, -0.2) is 4.79 Å². The largest absolute Gasteiger partial charge is 0.367 e. The maximum atomic E-state index is 12.7. The predicted octanol–water partition coefficient (Wildman–Crippen LogP) is 4.27. The number of hydrogen-bond donors (Lipinski definition) is 2. The highest BCUT2D eigenvalue weighted by atomic mass is 35.5. The maximum absolute atomic E-state index is 12.7. The Morgan fingerprint density at radius 2 is 1.97 bits per heavy atom. The number of nitrogens with one attached hydrogen (secondary N) is 2. The lowest BCUT2D eigenvalue weighted by Gasteiger charge is -2.32. The van der Waals surface area contributed by atoms with Crippen LogP contribution in [0.15, 0.2) is 60.1 Å². The smallest absolute Gasteiger partial charge is 0.321 e. The van der Waals surface area contributed by atoms with E-state index in [9.17, 15) is 9.59 Å². The van der Waals surface area contributed by atoms with Crippen molar-refractivity contribution in [2.75, 3.05) is 26.2 Å². The van der Waals surface area contributed by atoms with Crippen molar-refractivity contribution in [1.29, 1.82) is 0 Å². The van der Waals surface area contributed by atoms with Gasteiger partial charge < -0.3 is 15.5 Å². The highest BCUT2D eigenvalue weighted by Crippen LogP contribution is 2.26. The molecular weight excluding hydrogens is 412 g/mol. The van der Waals surface area contributed by atoms with Gasteiger partial charge in [0.1, 0.15) is 0 Å². The zero-order valence-electron chi connectivity index (χ0n) is 17.6. The summed E-state index contributed by atoms with van der Waals surface area (Å²) in [6.07, 6.45) is 12.9. The molecule has 4 rings (SSSR count). The first-order chi connectivity index (χ1) is 15.1. The molecule has 3 heterocycles. The quantitative estimate of drug-likeness (QED) is 0.649. The van der Waals surface area contributed by atoms with E-state index < -0.39 is 0 Å². The summed E-state index contributed by atoms with van der Waals surface area (Å²) in [6, 6.07) is 7.21. The number of urea groups is 1. The molecule has 7 heteroatoms. The van der Waals surface area contributed by atoms with Gasteiger partial charge in [-0.15, -0.1) is 0 Å². The Morgan fingerprint density at radius 3 is 2.74 bits per heavy atom. The number of benzene rings is 1. The average Bonchev–Trinajstić information content (AvgIpc) is 3.23. The molecule has 0 saturated carbocycles. The molecule has 3 aliphatic rings. The fourth-order valence-electron chi connectivity index (χ4n) is 4.35. The van der Waals surface area contributed by atoms with Crippen molar-refractivity contribution in [3.63, 3.8) is 0 Å². The van der Waals surface area contributed by atoms with Gasteiger partial charge in [0.2, 0.25) is 0 Å². The summed E-state index contributed by atoms with van der Waals surface area (Å²) in [7, 11) is 0. The predicted molar refractivity (Wildman–Crippen MR) is 122 cm³/mol. The van der Waals surface area contributed by atoms with Crippen molar-refractivity contribution in [2.24, 2.45) is 5.92 Å². The maximum Gasteiger partial charge on any atom is 0.321 e. The number of hydrogen-bond acceptors (Lipinski definition) is 3. The van der Waals surface area contributed by atoms with Crippen LogP contribution in [0.1, 0.15) is 42.5 Å². The van der Waals surface area contributed by atoms with E-state index in [0.717, 1.165) is 56.3 Å².